The van der Waals surface area contributed by atoms with Gasteiger partial charge >= 0.3 is 0 Å². The van der Waals surface area contributed by atoms with Gasteiger partial charge in [-0.1, -0.05) is 15.9 Å². The molecule has 0 aromatic heterocycles. The maximum absolute atomic E-state index is 13.3. The summed E-state index contributed by atoms with van der Waals surface area (Å²) in [5.41, 5.74) is 0.772. The van der Waals surface area contributed by atoms with Crippen molar-refractivity contribution in [1.29, 1.82) is 0 Å². The topological polar surface area (TPSA) is 29.5 Å². The minimum Gasteiger partial charge on any atom is -0.493 e. The summed E-state index contributed by atoms with van der Waals surface area (Å²) in [7, 11) is 1.44. The molecule has 0 spiro atoms. The molecule has 78 valence electrons. The number of hydrogen-bond donors (Lipinski definition) is 1. The van der Waals surface area contributed by atoms with Crippen molar-refractivity contribution in [3.63, 3.8) is 0 Å². The van der Waals surface area contributed by atoms with E-state index in [-0.39, 0.29) is 18.2 Å². The second kappa shape index (κ2) is 5.32. The van der Waals surface area contributed by atoms with Crippen LogP contribution in [0.15, 0.2) is 16.6 Å². The molecule has 0 aliphatic carbocycles. The van der Waals surface area contributed by atoms with Crippen LogP contribution in [0.5, 0.6) is 5.75 Å². The van der Waals surface area contributed by atoms with Crippen LogP contribution in [-0.4, -0.2) is 18.8 Å². The van der Waals surface area contributed by atoms with Crippen LogP contribution in [0, 0.1) is 5.82 Å². The standard InChI is InChI=1S/C10H12BrFO2/c1-14-10-7(3-2-4-13)5-8(11)6-9(10)12/h5-6,13H,2-4H2,1H3. The summed E-state index contributed by atoms with van der Waals surface area (Å²) in [6.07, 6.45) is 1.21. The number of rotatable bonds is 4. The molecule has 0 radical (unpaired) electrons. The van der Waals surface area contributed by atoms with Crippen LogP contribution in [0.2, 0.25) is 0 Å². The van der Waals surface area contributed by atoms with E-state index >= 15 is 0 Å². The normalized spacial score (nSPS) is 10.3. The lowest BCUT2D eigenvalue weighted by molar-refractivity contribution is 0.287. The van der Waals surface area contributed by atoms with Gasteiger partial charge in [0.15, 0.2) is 11.6 Å². The van der Waals surface area contributed by atoms with Crippen molar-refractivity contribution in [1.82, 2.24) is 0 Å². The van der Waals surface area contributed by atoms with Gasteiger partial charge in [0.2, 0.25) is 0 Å². The fourth-order valence-corrected chi connectivity index (χ4v) is 1.77. The molecule has 0 fully saturated rings. The SMILES string of the molecule is COc1c(F)cc(Br)cc1CCCO. The lowest BCUT2D eigenvalue weighted by Gasteiger charge is -2.09. The summed E-state index contributed by atoms with van der Waals surface area (Å²) in [5.74, 6) is -0.114. The molecule has 1 aromatic rings. The molecule has 0 bridgehead atoms. The van der Waals surface area contributed by atoms with Gasteiger partial charge in [-0.25, -0.2) is 4.39 Å². The average molecular weight is 263 g/mol. The third kappa shape index (κ3) is 2.69. The van der Waals surface area contributed by atoms with Gasteiger partial charge in [0.1, 0.15) is 0 Å². The van der Waals surface area contributed by atoms with Crippen molar-refractivity contribution < 1.29 is 14.2 Å². The first-order chi connectivity index (χ1) is 6.69. The number of aliphatic hydroxyl groups is 1. The van der Waals surface area contributed by atoms with Crippen molar-refractivity contribution in [2.24, 2.45) is 0 Å². The molecule has 14 heavy (non-hydrogen) atoms. The minimum atomic E-state index is -0.380. The highest BCUT2D eigenvalue weighted by molar-refractivity contribution is 9.10. The van der Waals surface area contributed by atoms with E-state index in [1.165, 1.54) is 13.2 Å². The molecule has 1 rings (SSSR count). The highest BCUT2D eigenvalue weighted by Crippen LogP contribution is 2.27. The molecule has 4 heteroatoms. The zero-order chi connectivity index (χ0) is 10.6. The largest absolute Gasteiger partial charge is 0.493 e. The van der Waals surface area contributed by atoms with Crippen molar-refractivity contribution in [3.8, 4) is 5.75 Å². The second-order valence-electron chi connectivity index (χ2n) is 2.91. The van der Waals surface area contributed by atoms with Gasteiger partial charge < -0.3 is 9.84 Å². The van der Waals surface area contributed by atoms with Gasteiger partial charge in [-0.3, -0.25) is 0 Å². The Bertz CT molecular complexity index is 315. The Balaban J connectivity index is 2.99. The zero-order valence-electron chi connectivity index (χ0n) is 7.89. The molecule has 0 aliphatic rings. The Kier molecular flexibility index (Phi) is 4.35. The Morgan fingerprint density at radius 2 is 2.21 bits per heavy atom. The van der Waals surface area contributed by atoms with Crippen LogP contribution >= 0.6 is 15.9 Å². The van der Waals surface area contributed by atoms with Crippen molar-refractivity contribution >= 4 is 15.9 Å². The van der Waals surface area contributed by atoms with Gasteiger partial charge in [-0.15, -0.1) is 0 Å². The third-order valence-electron chi connectivity index (χ3n) is 1.89. The molecule has 0 saturated heterocycles. The highest BCUT2D eigenvalue weighted by Gasteiger charge is 2.10. The van der Waals surface area contributed by atoms with E-state index in [9.17, 15) is 4.39 Å². The molecule has 0 unspecified atom stereocenters. The summed E-state index contributed by atoms with van der Waals surface area (Å²) in [4.78, 5) is 0. The Hall–Kier alpha value is -0.610. The average Bonchev–Trinajstić information content (AvgIpc) is 2.14. The molecular formula is C10H12BrFO2. The van der Waals surface area contributed by atoms with Crippen molar-refractivity contribution in [3.05, 3.63) is 28.0 Å². The molecular weight excluding hydrogens is 251 g/mol. The van der Waals surface area contributed by atoms with Crippen LogP contribution in [0.25, 0.3) is 0 Å². The molecule has 0 saturated carbocycles. The van der Waals surface area contributed by atoms with Crippen LogP contribution in [0.1, 0.15) is 12.0 Å². The number of aliphatic hydroxyl groups excluding tert-OH is 1. The number of methoxy groups -OCH3 is 1. The van der Waals surface area contributed by atoms with E-state index in [4.69, 9.17) is 9.84 Å². The van der Waals surface area contributed by atoms with Crippen LogP contribution in [0.4, 0.5) is 4.39 Å². The van der Waals surface area contributed by atoms with E-state index < -0.39 is 0 Å². The number of hydrogen-bond acceptors (Lipinski definition) is 2. The third-order valence-corrected chi connectivity index (χ3v) is 2.35. The summed E-state index contributed by atoms with van der Waals surface area (Å²) < 4.78 is 19.0. The molecule has 0 heterocycles. The lowest BCUT2D eigenvalue weighted by Crippen LogP contribution is -1.97. The van der Waals surface area contributed by atoms with Crippen LogP contribution < -0.4 is 4.74 Å². The quantitative estimate of drug-likeness (QED) is 0.904. The van der Waals surface area contributed by atoms with E-state index in [0.29, 0.717) is 17.3 Å². The van der Waals surface area contributed by atoms with E-state index in [1.54, 1.807) is 6.07 Å². The molecule has 1 aromatic carbocycles. The minimum absolute atomic E-state index is 0.0945. The fourth-order valence-electron chi connectivity index (χ4n) is 1.30. The smallest absolute Gasteiger partial charge is 0.166 e. The van der Waals surface area contributed by atoms with E-state index in [2.05, 4.69) is 15.9 Å². The number of benzene rings is 1. The van der Waals surface area contributed by atoms with E-state index in [0.717, 1.165) is 5.56 Å². The fraction of sp³-hybridized carbons (Fsp3) is 0.400. The van der Waals surface area contributed by atoms with Crippen LogP contribution in [0.3, 0.4) is 0 Å². The Morgan fingerprint density at radius 3 is 2.79 bits per heavy atom. The van der Waals surface area contributed by atoms with Gasteiger partial charge in [0.05, 0.1) is 7.11 Å². The van der Waals surface area contributed by atoms with E-state index in [1.807, 2.05) is 0 Å². The first-order valence-electron chi connectivity index (χ1n) is 4.31. The maximum Gasteiger partial charge on any atom is 0.166 e. The first-order valence-corrected chi connectivity index (χ1v) is 5.11. The van der Waals surface area contributed by atoms with Gasteiger partial charge in [-0.05, 0) is 30.5 Å². The highest BCUT2D eigenvalue weighted by atomic mass is 79.9. The second-order valence-corrected chi connectivity index (χ2v) is 3.82. The molecule has 0 atom stereocenters. The lowest BCUT2D eigenvalue weighted by atomic mass is 10.1. The Labute approximate surface area is 90.8 Å². The zero-order valence-corrected chi connectivity index (χ0v) is 9.47. The number of halogens is 2. The summed E-state index contributed by atoms with van der Waals surface area (Å²) in [6, 6.07) is 3.17. The van der Waals surface area contributed by atoms with Crippen molar-refractivity contribution in [2.45, 2.75) is 12.8 Å². The number of ether oxygens (including phenoxy) is 1. The Morgan fingerprint density at radius 1 is 1.50 bits per heavy atom. The van der Waals surface area contributed by atoms with Crippen LogP contribution in [-0.2, 0) is 6.42 Å². The maximum atomic E-state index is 13.3. The van der Waals surface area contributed by atoms with Gasteiger partial charge in [-0.2, -0.15) is 0 Å². The molecule has 1 N–H and O–H groups in total. The summed E-state index contributed by atoms with van der Waals surface area (Å²) in [6.45, 7) is 0.0945. The molecule has 2 nitrogen and oxygen atoms in total. The summed E-state index contributed by atoms with van der Waals surface area (Å²) in [5, 5.41) is 8.68. The predicted octanol–water partition coefficient (Wildman–Crippen LogP) is 2.52. The van der Waals surface area contributed by atoms with Gasteiger partial charge in [0, 0.05) is 11.1 Å². The van der Waals surface area contributed by atoms with Gasteiger partial charge in [0.25, 0.3) is 0 Å². The summed E-state index contributed by atoms with van der Waals surface area (Å²) >= 11 is 3.21. The predicted molar refractivity (Wildman–Crippen MR) is 56.1 cm³/mol. The first kappa shape index (κ1) is 11.5. The molecule has 0 amide bonds. The monoisotopic (exact) mass is 262 g/mol. The number of aryl methyl sites for hydroxylation is 1. The van der Waals surface area contributed by atoms with Crippen molar-refractivity contribution in [2.75, 3.05) is 13.7 Å². The molecule has 0 aliphatic heterocycles.